The number of hydrogen-bond acceptors (Lipinski definition) is 5. The lowest BCUT2D eigenvalue weighted by Gasteiger charge is -2.02. The second-order valence-electron chi connectivity index (χ2n) is 3.67. The van der Waals surface area contributed by atoms with Crippen LogP contribution in [0, 0.1) is 13.8 Å². The van der Waals surface area contributed by atoms with E-state index in [0.717, 1.165) is 15.6 Å². The molecule has 0 bridgehead atoms. The molecule has 2 aromatic rings. The van der Waals surface area contributed by atoms with E-state index in [1.165, 1.54) is 22.2 Å². The Morgan fingerprint density at radius 3 is 2.53 bits per heavy atom. The van der Waals surface area contributed by atoms with Crippen molar-refractivity contribution < 1.29 is 8.42 Å². The third kappa shape index (κ3) is 2.11. The molecule has 0 aliphatic carbocycles. The Morgan fingerprint density at radius 2 is 2.06 bits per heavy atom. The van der Waals surface area contributed by atoms with Gasteiger partial charge < -0.3 is 0 Å². The number of aryl methyl sites for hydroxylation is 3. The summed E-state index contributed by atoms with van der Waals surface area (Å²) in [7, 11) is -2.09. The van der Waals surface area contributed by atoms with Gasteiger partial charge in [-0.2, -0.15) is 5.10 Å². The molecule has 6 nitrogen and oxygen atoms in total. The Morgan fingerprint density at radius 1 is 1.41 bits per heavy atom. The maximum absolute atomic E-state index is 11.5. The summed E-state index contributed by atoms with van der Waals surface area (Å²) in [6, 6.07) is 0. The summed E-state index contributed by atoms with van der Waals surface area (Å²) in [6.45, 7) is 3.70. The fourth-order valence-electron chi connectivity index (χ4n) is 1.64. The van der Waals surface area contributed by atoms with Crippen LogP contribution in [0.15, 0.2) is 11.1 Å². The first kappa shape index (κ1) is 12.2. The Bertz CT molecular complexity index is 669. The van der Waals surface area contributed by atoms with Crippen LogP contribution < -0.4 is 5.14 Å². The van der Waals surface area contributed by atoms with E-state index in [2.05, 4.69) is 10.1 Å². The highest BCUT2D eigenvalue weighted by Crippen LogP contribution is 2.33. The molecule has 0 saturated heterocycles. The van der Waals surface area contributed by atoms with E-state index in [1.54, 1.807) is 7.05 Å². The molecule has 0 aliphatic rings. The summed E-state index contributed by atoms with van der Waals surface area (Å²) in [4.78, 5) is 5.09. The molecule has 0 spiro atoms. The summed E-state index contributed by atoms with van der Waals surface area (Å²) in [6.07, 6.45) is 1.26. The molecule has 17 heavy (non-hydrogen) atoms. The molecule has 0 amide bonds. The zero-order chi connectivity index (χ0) is 12.8. The van der Waals surface area contributed by atoms with Gasteiger partial charge in [0.05, 0.1) is 27.5 Å². The van der Waals surface area contributed by atoms with Crippen molar-refractivity contribution in [3.8, 4) is 10.6 Å². The monoisotopic (exact) mass is 272 g/mol. The van der Waals surface area contributed by atoms with E-state index in [0.29, 0.717) is 5.69 Å². The van der Waals surface area contributed by atoms with Crippen molar-refractivity contribution in [2.24, 2.45) is 12.2 Å². The SMILES string of the molecule is Cc1nc(C)c(-c2c(S(N)(=O)=O)cnn2C)s1. The Kier molecular flexibility index (Phi) is 2.80. The molecule has 2 heterocycles. The molecule has 2 aromatic heterocycles. The van der Waals surface area contributed by atoms with Crippen molar-refractivity contribution in [2.75, 3.05) is 0 Å². The van der Waals surface area contributed by atoms with Crippen LogP contribution in [-0.4, -0.2) is 23.2 Å². The number of nitrogens with zero attached hydrogens (tertiary/aromatic N) is 3. The van der Waals surface area contributed by atoms with E-state index in [1.807, 2.05) is 13.8 Å². The Labute approximate surface area is 103 Å². The summed E-state index contributed by atoms with van der Waals surface area (Å²) in [5.74, 6) is 0. The van der Waals surface area contributed by atoms with Gasteiger partial charge in [-0.05, 0) is 13.8 Å². The third-order valence-electron chi connectivity index (χ3n) is 2.33. The van der Waals surface area contributed by atoms with Crippen molar-refractivity contribution in [2.45, 2.75) is 18.7 Å². The van der Waals surface area contributed by atoms with Crippen LogP contribution in [-0.2, 0) is 17.1 Å². The van der Waals surface area contributed by atoms with Gasteiger partial charge in [0.1, 0.15) is 4.90 Å². The quantitative estimate of drug-likeness (QED) is 0.875. The van der Waals surface area contributed by atoms with Gasteiger partial charge in [-0.1, -0.05) is 0 Å². The zero-order valence-electron chi connectivity index (χ0n) is 9.63. The van der Waals surface area contributed by atoms with Crippen LogP contribution >= 0.6 is 11.3 Å². The number of sulfonamides is 1. The van der Waals surface area contributed by atoms with Gasteiger partial charge in [-0.25, -0.2) is 18.5 Å². The van der Waals surface area contributed by atoms with Crippen LogP contribution in [0.2, 0.25) is 0 Å². The highest BCUT2D eigenvalue weighted by Gasteiger charge is 2.23. The number of primary sulfonamides is 1. The van der Waals surface area contributed by atoms with Crippen LogP contribution in [0.25, 0.3) is 10.6 Å². The minimum atomic E-state index is -3.77. The number of nitrogens with two attached hydrogens (primary N) is 1. The molecule has 0 fully saturated rings. The average Bonchev–Trinajstić information content (AvgIpc) is 2.68. The molecule has 0 saturated carbocycles. The van der Waals surface area contributed by atoms with E-state index in [9.17, 15) is 8.42 Å². The molecule has 92 valence electrons. The van der Waals surface area contributed by atoms with Crippen molar-refractivity contribution in [1.82, 2.24) is 14.8 Å². The van der Waals surface area contributed by atoms with Crippen molar-refractivity contribution in [3.63, 3.8) is 0 Å². The largest absolute Gasteiger partial charge is 0.266 e. The van der Waals surface area contributed by atoms with Gasteiger partial charge in [0.2, 0.25) is 10.0 Å². The van der Waals surface area contributed by atoms with Gasteiger partial charge in [0.25, 0.3) is 0 Å². The Balaban J connectivity index is 2.76. The second-order valence-corrected chi connectivity index (χ2v) is 6.41. The van der Waals surface area contributed by atoms with Crippen molar-refractivity contribution in [3.05, 3.63) is 16.9 Å². The van der Waals surface area contributed by atoms with Crippen LogP contribution in [0.3, 0.4) is 0 Å². The predicted molar refractivity (Wildman–Crippen MR) is 65.2 cm³/mol. The maximum Gasteiger partial charge on any atom is 0.241 e. The molecule has 0 aromatic carbocycles. The zero-order valence-corrected chi connectivity index (χ0v) is 11.3. The van der Waals surface area contributed by atoms with Gasteiger partial charge in [-0.3, -0.25) is 4.68 Å². The standard InChI is InChI=1S/C9H12N4O2S2/c1-5-9(16-6(2)12-5)8-7(17(10,14)15)4-11-13(8)3/h4H,1-3H3,(H2,10,14,15). The second kappa shape index (κ2) is 3.90. The molecule has 0 radical (unpaired) electrons. The lowest BCUT2D eigenvalue weighted by Crippen LogP contribution is -2.13. The van der Waals surface area contributed by atoms with Crippen LogP contribution in [0.1, 0.15) is 10.7 Å². The highest BCUT2D eigenvalue weighted by atomic mass is 32.2. The Hall–Kier alpha value is -1.25. The average molecular weight is 272 g/mol. The molecule has 0 aliphatic heterocycles. The molecule has 0 atom stereocenters. The predicted octanol–water partition coefficient (Wildman–Crippen LogP) is 0.808. The lowest BCUT2D eigenvalue weighted by molar-refractivity contribution is 0.598. The minimum Gasteiger partial charge on any atom is -0.266 e. The molecule has 0 unspecified atom stereocenters. The first-order chi connectivity index (χ1) is 7.80. The lowest BCUT2D eigenvalue weighted by atomic mass is 10.3. The van der Waals surface area contributed by atoms with E-state index < -0.39 is 10.0 Å². The minimum absolute atomic E-state index is 0.0340. The van der Waals surface area contributed by atoms with Gasteiger partial charge in [0.15, 0.2) is 0 Å². The molecule has 8 heteroatoms. The fraction of sp³-hybridized carbons (Fsp3) is 0.333. The summed E-state index contributed by atoms with van der Waals surface area (Å²) in [5, 5.41) is 9.99. The number of thiazole rings is 1. The summed E-state index contributed by atoms with van der Waals surface area (Å²) >= 11 is 1.42. The molecular formula is C9H12N4O2S2. The van der Waals surface area contributed by atoms with Gasteiger partial charge in [-0.15, -0.1) is 11.3 Å². The summed E-state index contributed by atoms with van der Waals surface area (Å²) in [5.41, 5.74) is 1.27. The normalized spacial score (nSPS) is 12.0. The van der Waals surface area contributed by atoms with Crippen molar-refractivity contribution in [1.29, 1.82) is 0 Å². The van der Waals surface area contributed by atoms with Crippen molar-refractivity contribution >= 4 is 21.4 Å². The smallest absolute Gasteiger partial charge is 0.241 e. The maximum atomic E-state index is 11.5. The summed E-state index contributed by atoms with van der Waals surface area (Å²) < 4.78 is 24.4. The van der Waals surface area contributed by atoms with Gasteiger partial charge in [0, 0.05) is 7.05 Å². The fourth-order valence-corrected chi connectivity index (χ4v) is 3.41. The highest BCUT2D eigenvalue weighted by molar-refractivity contribution is 7.89. The van der Waals surface area contributed by atoms with Crippen LogP contribution in [0.4, 0.5) is 0 Å². The topological polar surface area (TPSA) is 90.9 Å². The van der Waals surface area contributed by atoms with Crippen LogP contribution in [0.5, 0.6) is 0 Å². The van der Waals surface area contributed by atoms with E-state index >= 15 is 0 Å². The molecule has 2 rings (SSSR count). The molecule has 2 N–H and O–H groups in total. The van der Waals surface area contributed by atoms with E-state index in [4.69, 9.17) is 5.14 Å². The number of rotatable bonds is 2. The third-order valence-corrected chi connectivity index (χ3v) is 4.32. The first-order valence-electron chi connectivity index (χ1n) is 4.80. The number of hydrogen-bond donors (Lipinski definition) is 1. The molecular weight excluding hydrogens is 260 g/mol. The van der Waals surface area contributed by atoms with Gasteiger partial charge >= 0.3 is 0 Å². The number of aromatic nitrogens is 3. The first-order valence-corrected chi connectivity index (χ1v) is 7.16. The van der Waals surface area contributed by atoms with E-state index in [-0.39, 0.29) is 4.90 Å².